The van der Waals surface area contributed by atoms with Gasteiger partial charge in [-0.1, -0.05) is 0 Å². The fraction of sp³-hybridized carbons (Fsp3) is 0.375. The van der Waals surface area contributed by atoms with Crippen molar-refractivity contribution in [3.05, 3.63) is 32.6 Å². The molecule has 0 aliphatic heterocycles. The van der Waals surface area contributed by atoms with E-state index in [-0.39, 0.29) is 18.3 Å². The van der Waals surface area contributed by atoms with Crippen LogP contribution in [-0.2, 0) is 0 Å². The maximum atomic E-state index is 11.4. The van der Waals surface area contributed by atoms with Crippen molar-refractivity contribution in [3.63, 3.8) is 0 Å². The highest BCUT2D eigenvalue weighted by atomic mass is 16.2. The van der Waals surface area contributed by atoms with Crippen LogP contribution in [0.15, 0.2) is 15.7 Å². The maximum Gasteiger partial charge on any atom is 0.326 e. The van der Waals surface area contributed by atoms with Crippen LogP contribution in [-0.4, -0.2) is 28.5 Å². The molecule has 1 heterocycles. The van der Waals surface area contributed by atoms with E-state index in [0.29, 0.717) is 0 Å². The molecule has 0 aromatic carbocycles. The van der Waals surface area contributed by atoms with Crippen molar-refractivity contribution in [1.82, 2.24) is 15.3 Å². The van der Waals surface area contributed by atoms with Crippen LogP contribution in [0.5, 0.6) is 0 Å². The summed E-state index contributed by atoms with van der Waals surface area (Å²) >= 11 is 0. The highest BCUT2D eigenvalue weighted by Crippen LogP contribution is 1.85. The van der Waals surface area contributed by atoms with Crippen LogP contribution in [0.1, 0.15) is 17.4 Å². The maximum absolute atomic E-state index is 11.4. The number of carbonyl (C=O) groups excluding carboxylic acids is 1. The van der Waals surface area contributed by atoms with Crippen molar-refractivity contribution in [2.24, 2.45) is 5.73 Å². The van der Waals surface area contributed by atoms with E-state index in [4.69, 9.17) is 5.73 Å². The molecule has 1 unspecified atom stereocenters. The standard InChI is InChI=1S/C8H12N4O3/c1-4(9)3-10-7(14)5-2-6(13)12-8(15)11-5/h2,4H,3,9H2,1H3,(H,10,14)(H2,11,12,13,15). The molecule has 5 N–H and O–H groups in total. The summed E-state index contributed by atoms with van der Waals surface area (Å²) in [6.07, 6.45) is 0. The molecule has 0 aliphatic rings. The minimum atomic E-state index is -0.714. The zero-order valence-corrected chi connectivity index (χ0v) is 8.16. The lowest BCUT2D eigenvalue weighted by molar-refractivity contribution is 0.0946. The molecular weight excluding hydrogens is 200 g/mol. The molecule has 0 saturated carbocycles. The normalized spacial score (nSPS) is 12.1. The summed E-state index contributed by atoms with van der Waals surface area (Å²) in [6, 6.07) is 0.820. The van der Waals surface area contributed by atoms with E-state index in [1.807, 2.05) is 4.98 Å². The van der Waals surface area contributed by atoms with Gasteiger partial charge in [0.2, 0.25) is 0 Å². The van der Waals surface area contributed by atoms with E-state index in [9.17, 15) is 14.4 Å². The molecule has 0 saturated heterocycles. The van der Waals surface area contributed by atoms with Gasteiger partial charge in [0.15, 0.2) is 0 Å². The molecule has 0 fully saturated rings. The third-order valence-corrected chi connectivity index (χ3v) is 1.59. The van der Waals surface area contributed by atoms with Gasteiger partial charge in [0.25, 0.3) is 11.5 Å². The van der Waals surface area contributed by atoms with Crippen LogP contribution in [0.3, 0.4) is 0 Å². The SMILES string of the molecule is CC(N)CNC(=O)c1cc(=O)[nH]c(=O)[nH]1. The largest absolute Gasteiger partial charge is 0.349 e. The summed E-state index contributed by atoms with van der Waals surface area (Å²) in [5.41, 5.74) is 4.01. The van der Waals surface area contributed by atoms with Crippen LogP contribution in [0, 0.1) is 0 Å². The zero-order chi connectivity index (χ0) is 11.4. The fourth-order valence-electron chi connectivity index (χ4n) is 0.940. The third-order valence-electron chi connectivity index (χ3n) is 1.59. The molecule has 1 amide bonds. The number of nitrogens with two attached hydrogens (primary N) is 1. The van der Waals surface area contributed by atoms with Crippen molar-refractivity contribution in [3.8, 4) is 0 Å². The number of rotatable bonds is 3. The molecule has 0 bridgehead atoms. The summed E-state index contributed by atoms with van der Waals surface area (Å²) in [7, 11) is 0. The molecule has 7 nitrogen and oxygen atoms in total. The Hall–Kier alpha value is -1.89. The number of amides is 1. The number of aromatic nitrogens is 2. The molecule has 1 aromatic heterocycles. The molecule has 0 radical (unpaired) electrons. The fourth-order valence-corrected chi connectivity index (χ4v) is 0.940. The Bertz CT molecular complexity index is 431. The van der Waals surface area contributed by atoms with E-state index in [2.05, 4.69) is 10.3 Å². The molecule has 1 rings (SSSR count). The van der Waals surface area contributed by atoms with Crippen LogP contribution in [0.25, 0.3) is 0 Å². The molecule has 0 aliphatic carbocycles. The lowest BCUT2D eigenvalue weighted by atomic mass is 10.3. The molecule has 1 atom stereocenters. The highest BCUT2D eigenvalue weighted by Gasteiger charge is 2.07. The number of hydrogen-bond acceptors (Lipinski definition) is 4. The van der Waals surface area contributed by atoms with Crippen molar-refractivity contribution >= 4 is 5.91 Å². The molecule has 7 heteroatoms. The summed E-state index contributed by atoms with van der Waals surface area (Å²) in [4.78, 5) is 37.2. The molecule has 1 aromatic rings. The van der Waals surface area contributed by atoms with E-state index < -0.39 is 17.2 Å². The van der Waals surface area contributed by atoms with E-state index >= 15 is 0 Å². The van der Waals surface area contributed by atoms with Crippen LogP contribution in [0.2, 0.25) is 0 Å². The van der Waals surface area contributed by atoms with Crippen LogP contribution >= 0.6 is 0 Å². The van der Waals surface area contributed by atoms with Crippen LogP contribution < -0.4 is 22.3 Å². The lowest BCUT2D eigenvalue weighted by Gasteiger charge is -2.06. The first-order valence-corrected chi connectivity index (χ1v) is 4.36. The van der Waals surface area contributed by atoms with Crippen LogP contribution in [0.4, 0.5) is 0 Å². The van der Waals surface area contributed by atoms with Gasteiger partial charge < -0.3 is 16.0 Å². The Kier molecular flexibility index (Phi) is 3.40. The number of H-pyrrole nitrogens is 2. The number of aromatic amines is 2. The first kappa shape index (κ1) is 11.2. The summed E-state index contributed by atoms with van der Waals surface area (Å²) in [6.45, 7) is 1.99. The number of hydrogen-bond donors (Lipinski definition) is 4. The van der Waals surface area contributed by atoms with E-state index in [1.165, 1.54) is 0 Å². The Balaban J connectivity index is 2.83. The zero-order valence-electron chi connectivity index (χ0n) is 8.16. The van der Waals surface area contributed by atoms with Gasteiger partial charge in [-0.25, -0.2) is 4.79 Å². The van der Waals surface area contributed by atoms with Crippen molar-refractivity contribution in [2.45, 2.75) is 13.0 Å². The Morgan fingerprint density at radius 1 is 1.53 bits per heavy atom. The van der Waals surface area contributed by atoms with Gasteiger partial charge in [-0.2, -0.15) is 0 Å². The minimum Gasteiger partial charge on any atom is -0.349 e. The lowest BCUT2D eigenvalue weighted by Crippen LogP contribution is -2.37. The first-order chi connectivity index (χ1) is 6.99. The summed E-state index contributed by atoms with van der Waals surface area (Å²) in [5, 5.41) is 2.47. The highest BCUT2D eigenvalue weighted by molar-refractivity contribution is 5.92. The van der Waals surface area contributed by atoms with Gasteiger partial charge in [-0.05, 0) is 6.92 Å². The smallest absolute Gasteiger partial charge is 0.326 e. The van der Waals surface area contributed by atoms with E-state index in [0.717, 1.165) is 6.07 Å². The molecule has 15 heavy (non-hydrogen) atoms. The van der Waals surface area contributed by atoms with Crippen molar-refractivity contribution in [2.75, 3.05) is 6.54 Å². The number of nitrogens with one attached hydrogen (secondary N) is 3. The Morgan fingerprint density at radius 3 is 2.73 bits per heavy atom. The predicted molar refractivity (Wildman–Crippen MR) is 53.7 cm³/mol. The Morgan fingerprint density at radius 2 is 2.20 bits per heavy atom. The third kappa shape index (κ3) is 3.39. The van der Waals surface area contributed by atoms with Gasteiger partial charge in [0.1, 0.15) is 5.69 Å². The Labute approximate surface area is 84.7 Å². The first-order valence-electron chi connectivity index (χ1n) is 4.36. The van der Waals surface area contributed by atoms with Gasteiger partial charge in [0.05, 0.1) is 0 Å². The average Bonchev–Trinajstić information content (AvgIpc) is 2.12. The average molecular weight is 212 g/mol. The molecule has 0 spiro atoms. The van der Waals surface area contributed by atoms with Gasteiger partial charge in [-0.15, -0.1) is 0 Å². The summed E-state index contributed by atoms with van der Waals surface area (Å²) < 4.78 is 0. The number of carbonyl (C=O) groups is 1. The predicted octanol–water partition coefficient (Wildman–Crippen LogP) is -1.86. The molecule has 82 valence electrons. The minimum absolute atomic E-state index is 0.0793. The van der Waals surface area contributed by atoms with Gasteiger partial charge in [-0.3, -0.25) is 14.6 Å². The summed E-state index contributed by atoms with van der Waals surface area (Å²) in [5.74, 6) is -0.532. The van der Waals surface area contributed by atoms with Crippen molar-refractivity contribution in [1.29, 1.82) is 0 Å². The van der Waals surface area contributed by atoms with E-state index in [1.54, 1.807) is 6.92 Å². The topological polar surface area (TPSA) is 121 Å². The second-order valence-corrected chi connectivity index (χ2v) is 3.19. The van der Waals surface area contributed by atoms with Gasteiger partial charge >= 0.3 is 5.69 Å². The quantitative estimate of drug-likeness (QED) is 0.469. The molecular formula is C8H12N4O3. The second kappa shape index (κ2) is 4.56. The van der Waals surface area contributed by atoms with Crippen molar-refractivity contribution < 1.29 is 4.79 Å². The van der Waals surface area contributed by atoms with Gasteiger partial charge in [0, 0.05) is 18.7 Å². The monoisotopic (exact) mass is 212 g/mol. The second-order valence-electron chi connectivity index (χ2n) is 3.19.